The Morgan fingerprint density at radius 2 is 2.27 bits per heavy atom. The lowest BCUT2D eigenvalue weighted by Crippen LogP contribution is -2.01. The van der Waals surface area contributed by atoms with Crippen LogP contribution in [0.15, 0.2) is 18.2 Å². The van der Waals surface area contributed by atoms with Crippen molar-refractivity contribution in [3.63, 3.8) is 0 Å². The van der Waals surface area contributed by atoms with Gasteiger partial charge in [0, 0.05) is 17.7 Å². The second kappa shape index (κ2) is 5.75. The fourth-order valence-electron chi connectivity index (χ4n) is 1.18. The third-order valence-electron chi connectivity index (χ3n) is 2.01. The number of hydrogen-bond acceptors (Lipinski definition) is 3. The molecule has 82 valence electrons. The first-order valence-corrected chi connectivity index (χ1v) is 5.94. The molecule has 0 fully saturated rings. The number of carbonyl (C=O) groups is 1. The van der Waals surface area contributed by atoms with Gasteiger partial charge in [0.25, 0.3) is 0 Å². The molecule has 0 saturated carbocycles. The van der Waals surface area contributed by atoms with E-state index in [-0.39, 0.29) is 11.5 Å². The van der Waals surface area contributed by atoms with Gasteiger partial charge in [0.1, 0.15) is 0 Å². The van der Waals surface area contributed by atoms with E-state index in [1.54, 1.807) is 17.8 Å². The summed E-state index contributed by atoms with van der Waals surface area (Å²) in [6.45, 7) is 0. The lowest BCUT2D eigenvalue weighted by atomic mass is 10.1. The van der Waals surface area contributed by atoms with Crippen molar-refractivity contribution in [2.24, 2.45) is 0 Å². The largest absolute Gasteiger partial charge is 0.494 e. The lowest BCUT2D eigenvalue weighted by molar-refractivity contribution is 0.0989. The van der Waals surface area contributed by atoms with Crippen LogP contribution >= 0.6 is 11.8 Å². The summed E-state index contributed by atoms with van der Waals surface area (Å²) in [7, 11) is 1.40. The van der Waals surface area contributed by atoms with E-state index in [1.165, 1.54) is 19.2 Å². The number of methoxy groups -OCH3 is 1. The van der Waals surface area contributed by atoms with Crippen LogP contribution in [0.2, 0.25) is 0 Å². The van der Waals surface area contributed by atoms with Crippen molar-refractivity contribution in [2.45, 2.75) is 6.42 Å². The normalized spacial score (nSPS) is 10.1. The van der Waals surface area contributed by atoms with Crippen molar-refractivity contribution in [2.75, 3.05) is 19.1 Å². The minimum Gasteiger partial charge on any atom is -0.494 e. The molecule has 1 aromatic rings. The fourth-order valence-corrected chi connectivity index (χ4v) is 1.57. The van der Waals surface area contributed by atoms with Gasteiger partial charge < -0.3 is 4.74 Å². The molecule has 0 aliphatic heterocycles. The molecule has 4 heteroatoms. The van der Waals surface area contributed by atoms with Crippen molar-refractivity contribution in [3.05, 3.63) is 29.6 Å². The number of benzene rings is 1. The number of halogens is 1. The summed E-state index contributed by atoms with van der Waals surface area (Å²) in [6.07, 6.45) is 2.37. The van der Waals surface area contributed by atoms with Crippen LogP contribution in [0.25, 0.3) is 0 Å². The summed E-state index contributed by atoms with van der Waals surface area (Å²) in [5.74, 6) is 0.391. The number of hydrogen-bond donors (Lipinski definition) is 0. The Bertz CT molecular complexity index is 352. The highest BCUT2D eigenvalue weighted by molar-refractivity contribution is 7.98. The van der Waals surface area contributed by atoms with Crippen LogP contribution in [0.1, 0.15) is 16.8 Å². The van der Waals surface area contributed by atoms with Crippen molar-refractivity contribution in [1.29, 1.82) is 0 Å². The molecule has 0 aliphatic carbocycles. The molecule has 0 unspecified atom stereocenters. The third-order valence-corrected chi connectivity index (χ3v) is 2.62. The van der Waals surface area contributed by atoms with Gasteiger partial charge in [0.05, 0.1) is 7.11 Å². The molecule has 2 nitrogen and oxygen atoms in total. The first kappa shape index (κ1) is 12.0. The summed E-state index contributed by atoms with van der Waals surface area (Å²) in [5, 5.41) is 0. The van der Waals surface area contributed by atoms with Crippen LogP contribution in [0, 0.1) is 5.82 Å². The molecule has 0 amide bonds. The Hall–Kier alpha value is -1.03. The Morgan fingerprint density at radius 1 is 1.53 bits per heavy atom. The Kier molecular flexibility index (Phi) is 4.62. The molecule has 15 heavy (non-hydrogen) atoms. The van der Waals surface area contributed by atoms with Gasteiger partial charge >= 0.3 is 0 Å². The zero-order chi connectivity index (χ0) is 11.3. The zero-order valence-corrected chi connectivity index (χ0v) is 9.57. The minimum atomic E-state index is -0.493. The monoisotopic (exact) mass is 228 g/mol. The summed E-state index contributed by atoms with van der Waals surface area (Å²) >= 11 is 1.60. The Balaban J connectivity index is 2.78. The van der Waals surface area contributed by atoms with Crippen molar-refractivity contribution in [3.8, 4) is 5.75 Å². The van der Waals surface area contributed by atoms with Gasteiger partial charge in [-0.15, -0.1) is 0 Å². The minimum absolute atomic E-state index is 0.0362. The van der Waals surface area contributed by atoms with Crippen LogP contribution in [0.4, 0.5) is 4.39 Å². The van der Waals surface area contributed by atoms with Crippen LogP contribution in [0.3, 0.4) is 0 Å². The van der Waals surface area contributed by atoms with E-state index in [1.807, 2.05) is 6.26 Å². The molecule has 0 N–H and O–H groups in total. The molecule has 0 radical (unpaired) electrons. The second-order valence-electron chi connectivity index (χ2n) is 3.02. The lowest BCUT2D eigenvalue weighted by Gasteiger charge is -2.04. The number of carbonyl (C=O) groups excluding carboxylic acids is 1. The number of ketones is 1. The molecule has 0 bridgehead atoms. The number of thioether (sulfide) groups is 1. The number of rotatable bonds is 5. The van der Waals surface area contributed by atoms with E-state index in [4.69, 9.17) is 4.74 Å². The highest BCUT2D eigenvalue weighted by Crippen LogP contribution is 2.18. The van der Waals surface area contributed by atoms with E-state index in [9.17, 15) is 9.18 Å². The SMILES string of the molecule is COc1ccc(C(=O)CCSC)cc1F. The maximum absolute atomic E-state index is 13.3. The summed E-state index contributed by atoms with van der Waals surface area (Å²) in [5.41, 5.74) is 0.405. The fraction of sp³-hybridized carbons (Fsp3) is 0.364. The van der Waals surface area contributed by atoms with Gasteiger partial charge in [-0.1, -0.05) is 0 Å². The summed E-state index contributed by atoms with van der Waals surface area (Å²) in [4.78, 5) is 11.5. The molecule has 1 aromatic carbocycles. The highest BCUT2D eigenvalue weighted by Gasteiger charge is 2.09. The molecule has 0 atom stereocenters. The molecule has 0 aliphatic rings. The van der Waals surface area contributed by atoms with E-state index in [2.05, 4.69) is 0 Å². The summed E-state index contributed by atoms with van der Waals surface area (Å²) < 4.78 is 18.0. The van der Waals surface area contributed by atoms with Gasteiger partial charge in [0.15, 0.2) is 17.3 Å². The zero-order valence-electron chi connectivity index (χ0n) is 8.75. The Morgan fingerprint density at radius 3 is 2.80 bits per heavy atom. The van der Waals surface area contributed by atoms with Crippen molar-refractivity contribution < 1.29 is 13.9 Å². The average molecular weight is 228 g/mol. The van der Waals surface area contributed by atoms with E-state index < -0.39 is 5.82 Å². The number of ether oxygens (including phenoxy) is 1. The third kappa shape index (κ3) is 3.23. The van der Waals surface area contributed by atoms with Crippen LogP contribution in [0.5, 0.6) is 5.75 Å². The molecule has 1 rings (SSSR count). The topological polar surface area (TPSA) is 26.3 Å². The van der Waals surface area contributed by atoms with E-state index >= 15 is 0 Å². The van der Waals surface area contributed by atoms with Gasteiger partial charge in [-0.3, -0.25) is 4.79 Å². The predicted octanol–water partition coefficient (Wildman–Crippen LogP) is 2.77. The summed E-state index contributed by atoms with van der Waals surface area (Å²) in [6, 6.07) is 4.29. The van der Waals surface area contributed by atoms with Crippen molar-refractivity contribution >= 4 is 17.5 Å². The van der Waals surface area contributed by atoms with E-state index in [0.29, 0.717) is 12.0 Å². The van der Waals surface area contributed by atoms with Crippen LogP contribution < -0.4 is 4.74 Å². The first-order valence-electron chi connectivity index (χ1n) is 4.54. The molecule has 0 saturated heterocycles. The van der Waals surface area contributed by atoms with E-state index in [0.717, 1.165) is 5.75 Å². The smallest absolute Gasteiger partial charge is 0.165 e. The molecule has 0 heterocycles. The molecular weight excluding hydrogens is 215 g/mol. The highest BCUT2D eigenvalue weighted by atomic mass is 32.2. The van der Waals surface area contributed by atoms with Crippen molar-refractivity contribution in [1.82, 2.24) is 0 Å². The molecule has 0 aromatic heterocycles. The average Bonchev–Trinajstić information content (AvgIpc) is 2.25. The second-order valence-corrected chi connectivity index (χ2v) is 4.00. The predicted molar refractivity (Wildman–Crippen MR) is 60.3 cm³/mol. The number of Topliss-reactive ketones (excluding diaryl/α,β-unsaturated/α-hetero) is 1. The van der Waals surface area contributed by atoms with Gasteiger partial charge in [-0.2, -0.15) is 11.8 Å². The molecular formula is C11H13FO2S. The standard InChI is InChI=1S/C11H13FO2S/c1-14-11-4-3-8(7-9(11)12)10(13)5-6-15-2/h3-4,7H,5-6H2,1-2H3. The first-order chi connectivity index (χ1) is 7.19. The Labute approximate surface area is 92.8 Å². The van der Waals surface area contributed by atoms with Crippen LogP contribution in [-0.4, -0.2) is 24.9 Å². The maximum Gasteiger partial charge on any atom is 0.165 e. The van der Waals surface area contributed by atoms with Gasteiger partial charge in [-0.05, 0) is 24.5 Å². The quantitative estimate of drug-likeness (QED) is 0.725. The van der Waals surface area contributed by atoms with Gasteiger partial charge in [-0.25, -0.2) is 4.39 Å². The van der Waals surface area contributed by atoms with Crippen LogP contribution in [-0.2, 0) is 0 Å². The van der Waals surface area contributed by atoms with Gasteiger partial charge in [0.2, 0.25) is 0 Å². The maximum atomic E-state index is 13.3. The molecule has 0 spiro atoms.